The van der Waals surface area contributed by atoms with Gasteiger partial charge in [-0.15, -0.1) is 0 Å². The van der Waals surface area contributed by atoms with Crippen LogP contribution < -0.4 is 19.5 Å². The molecule has 1 fully saturated rings. The van der Waals surface area contributed by atoms with Crippen molar-refractivity contribution in [2.24, 2.45) is 0 Å². The first-order chi connectivity index (χ1) is 24.9. The number of benzene rings is 3. The molecule has 1 saturated heterocycles. The molecular weight excluding hydrogens is 666 g/mol. The number of aromatic nitrogens is 2. The molecule has 10 nitrogen and oxygen atoms in total. The highest BCUT2D eigenvalue weighted by Crippen LogP contribution is 2.36. The summed E-state index contributed by atoms with van der Waals surface area (Å²) in [5.41, 5.74) is 8.31. The third-order valence-electron chi connectivity index (χ3n) is 9.07. The van der Waals surface area contributed by atoms with Gasteiger partial charge in [-0.25, -0.2) is 4.98 Å². The van der Waals surface area contributed by atoms with Gasteiger partial charge in [0, 0.05) is 62.3 Å². The monoisotopic (exact) mass is 707 g/mol. The summed E-state index contributed by atoms with van der Waals surface area (Å²) in [4.78, 5) is 10.6. The summed E-state index contributed by atoms with van der Waals surface area (Å²) in [5.74, 6) is 1.97. The second kappa shape index (κ2) is 17.3. The SMILES string of the molecule is Cc1c(COc2cc(OCc3cncc(C#N)c3)c(CNCc3cocn3)cc2Cl)cccc1-c1cccc(OCCCN2CC[C@@H](O)C2)c1C. The van der Waals surface area contributed by atoms with Crippen molar-refractivity contribution in [2.75, 3.05) is 26.2 Å². The molecule has 2 aromatic heterocycles. The number of pyridine rings is 1. The van der Waals surface area contributed by atoms with Gasteiger partial charge in [0.25, 0.3) is 0 Å². The first-order valence-electron chi connectivity index (χ1n) is 17.1. The number of aliphatic hydroxyl groups excluding tert-OH is 1. The molecular formula is C40H42ClN5O5. The minimum Gasteiger partial charge on any atom is -0.493 e. The predicted molar refractivity (Wildman–Crippen MR) is 195 cm³/mol. The zero-order valence-electron chi connectivity index (χ0n) is 28.9. The van der Waals surface area contributed by atoms with Crippen LogP contribution in [0.2, 0.25) is 5.02 Å². The van der Waals surface area contributed by atoms with Crippen molar-refractivity contribution in [1.29, 1.82) is 5.26 Å². The largest absolute Gasteiger partial charge is 0.493 e. The first-order valence-corrected chi connectivity index (χ1v) is 17.5. The number of hydrogen-bond acceptors (Lipinski definition) is 10. The van der Waals surface area contributed by atoms with Gasteiger partial charge in [0.05, 0.1) is 29.0 Å². The molecule has 264 valence electrons. The molecule has 0 bridgehead atoms. The lowest BCUT2D eigenvalue weighted by Crippen LogP contribution is -2.24. The molecule has 6 rings (SSSR count). The molecule has 1 aliphatic rings. The van der Waals surface area contributed by atoms with E-state index >= 15 is 0 Å². The Morgan fingerprint density at radius 1 is 0.961 bits per heavy atom. The molecule has 1 aliphatic heterocycles. The van der Waals surface area contributed by atoms with Gasteiger partial charge in [-0.2, -0.15) is 5.26 Å². The lowest BCUT2D eigenvalue weighted by molar-refractivity contribution is 0.173. The molecule has 0 aliphatic carbocycles. The molecule has 0 unspecified atom stereocenters. The molecule has 3 aromatic carbocycles. The Balaban J connectivity index is 1.15. The molecule has 0 radical (unpaired) electrons. The first kappa shape index (κ1) is 35.9. The van der Waals surface area contributed by atoms with Gasteiger partial charge in [0.1, 0.15) is 42.8 Å². The number of nitrogens with zero attached hydrogens (tertiary/aromatic N) is 4. The van der Waals surface area contributed by atoms with Crippen LogP contribution >= 0.6 is 11.6 Å². The van der Waals surface area contributed by atoms with Crippen LogP contribution in [-0.2, 0) is 26.3 Å². The maximum absolute atomic E-state index is 9.79. The zero-order chi connectivity index (χ0) is 35.6. The minimum absolute atomic E-state index is 0.203. The van der Waals surface area contributed by atoms with E-state index in [2.05, 4.69) is 58.3 Å². The molecule has 5 aromatic rings. The number of ether oxygens (including phenoxy) is 3. The molecule has 3 heterocycles. The van der Waals surface area contributed by atoms with Gasteiger partial charge in [-0.1, -0.05) is 41.9 Å². The van der Waals surface area contributed by atoms with Crippen LogP contribution in [0.15, 0.2) is 84.1 Å². The van der Waals surface area contributed by atoms with Crippen molar-refractivity contribution >= 4 is 11.6 Å². The fraction of sp³-hybridized carbons (Fsp3) is 0.325. The summed E-state index contributed by atoms with van der Waals surface area (Å²) >= 11 is 6.79. The zero-order valence-corrected chi connectivity index (χ0v) is 29.7. The van der Waals surface area contributed by atoms with Crippen molar-refractivity contribution in [3.05, 3.63) is 124 Å². The van der Waals surface area contributed by atoms with Crippen molar-refractivity contribution in [1.82, 2.24) is 20.2 Å². The Morgan fingerprint density at radius 3 is 2.57 bits per heavy atom. The fourth-order valence-corrected chi connectivity index (χ4v) is 6.47. The highest BCUT2D eigenvalue weighted by Gasteiger charge is 2.20. The number of β-amino-alcohol motifs (C(OH)–C–C–N with tert-alkyl or cyclic N) is 1. The van der Waals surface area contributed by atoms with E-state index in [1.165, 1.54) is 12.6 Å². The summed E-state index contributed by atoms with van der Waals surface area (Å²) in [6, 6.07) is 19.9. The molecule has 51 heavy (non-hydrogen) atoms. The number of rotatable bonds is 16. The molecule has 0 saturated carbocycles. The van der Waals surface area contributed by atoms with Crippen molar-refractivity contribution in [3.63, 3.8) is 0 Å². The second-order valence-electron chi connectivity index (χ2n) is 12.7. The van der Waals surface area contributed by atoms with Gasteiger partial charge in [-0.05, 0) is 72.7 Å². The van der Waals surface area contributed by atoms with E-state index < -0.39 is 0 Å². The molecule has 0 amide bonds. The highest BCUT2D eigenvalue weighted by molar-refractivity contribution is 6.32. The van der Waals surface area contributed by atoms with Crippen LogP contribution in [0.4, 0.5) is 0 Å². The standard InChI is InChI=1S/C40H42ClN5O5/c1-27-31(6-3-7-35(27)36-8-4-9-38(28(36)2)49-13-5-11-46-12-10-34(47)22-46)24-51-40-16-39(50-23-30-14-29(17-42)18-43-19-30)32(15-37(40)41)20-44-21-33-25-48-26-45-33/h3-4,6-9,14-16,18-19,25-26,34,44,47H,5,10-13,20-24H2,1-2H3/t34-/m1/s1. The van der Waals surface area contributed by atoms with Crippen LogP contribution in [0, 0.1) is 25.2 Å². The number of aliphatic hydroxyl groups is 1. The molecule has 0 spiro atoms. The number of likely N-dealkylation sites (tertiary alicyclic amines) is 1. The van der Waals surface area contributed by atoms with Crippen LogP contribution in [0.1, 0.15) is 51.9 Å². The van der Waals surface area contributed by atoms with Crippen LogP contribution in [-0.4, -0.2) is 52.3 Å². The third kappa shape index (κ3) is 9.45. The lowest BCUT2D eigenvalue weighted by atomic mass is 9.93. The Kier molecular flexibility index (Phi) is 12.2. The predicted octanol–water partition coefficient (Wildman–Crippen LogP) is 7.16. The van der Waals surface area contributed by atoms with E-state index in [1.807, 2.05) is 30.3 Å². The maximum Gasteiger partial charge on any atom is 0.180 e. The van der Waals surface area contributed by atoms with E-state index in [9.17, 15) is 10.4 Å². The third-order valence-corrected chi connectivity index (χ3v) is 9.36. The number of halogens is 1. The topological polar surface area (TPSA) is 126 Å². The van der Waals surface area contributed by atoms with Crippen LogP contribution in [0.25, 0.3) is 11.1 Å². The van der Waals surface area contributed by atoms with Crippen LogP contribution in [0.5, 0.6) is 17.2 Å². The van der Waals surface area contributed by atoms with Gasteiger partial charge in [-0.3, -0.25) is 4.98 Å². The molecule has 11 heteroatoms. The van der Waals surface area contributed by atoms with Crippen LogP contribution in [0.3, 0.4) is 0 Å². The van der Waals surface area contributed by atoms with E-state index in [-0.39, 0.29) is 12.7 Å². The molecule has 2 N–H and O–H groups in total. The van der Waals surface area contributed by atoms with E-state index in [0.717, 1.165) is 82.9 Å². The van der Waals surface area contributed by atoms with Crippen molar-refractivity contribution < 1.29 is 23.7 Å². The minimum atomic E-state index is -0.203. The van der Waals surface area contributed by atoms with Gasteiger partial charge in [0.15, 0.2) is 6.39 Å². The number of nitrogens with one attached hydrogen (secondary N) is 1. The Hall–Kier alpha value is -4.92. The average molecular weight is 708 g/mol. The van der Waals surface area contributed by atoms with Gasteiger partial charge in [0.2, 0.25) is 0 Å². The van der Waals surface area contributed by atoms with Crippen molar-refractivity contribution in [2.45, 2.75) is 59.1 Å². The Labute approximate surface area is 303 Å². The van der Waals surface area contributed by atoms with Gasteiger partial charge < -0.3 is 34.0 Å². The normalized spacial score (nSPS) is 14.4. The fourth-order valence-electron chi connectivity index (χ4n) is 6.23. The quantitative estimate of drug-likeness (QED) is 0.102. The summed E-state index contributed by atoms with van der Waals surface area (Å²) < 4.78 is 23.9. The number of nitriles is 1. The smallest absolute Gasteiger partial charge is 0.180 e. The second-order valence-corrected chi connectivity index (χ2v) is 13.1. The van der Waals surface area contributed by atoms with E-state index in [0.29, 0.717) is 48.4 Å². The Bertz CT molecular complexity index is 1960. The Morgan fingerprint density at radius 2 is 1.78 bits per heavy atom. The van der Waals surface area contributed by atoms with Gasteiger partial charge >= 0.3 is 0 Å². The summed E-state index contributed by atoms with van der Waals surface area (Å²) in [5, 5.41) is 22.9. The summed E-state index contributed by atoms with van der Waals surface area (Å²) in [6.07, 6.45) is 7.74. The maximum atomic E-state index is 9.79. The summed E-state index contributed by atoms with van der Waals surface area (Å²) in [7, 11) is 0. The average Bonchev–Trinajstić information content (AvgIpc) is 3.82. The lowest BCUT2D eigenvalue weighted by Gasteiger charge is -2.19. The van der Waals surface area contributed by atoms with E-state index in [4.69, 9.17) is 30.2 Å². The summed E-state index contributed by atoms with van der Waals surface area (Å²) in [6.45, 7) is 8.93. The van der Waals surface area contributed by atoms with Crippen molar-refractivity contribution in [3.8, 4) is 34.4 Å². The number of hydrogen-bond donors (Lipinski definition) is 2. The highest BCUT2D eigenvalue weighted by atomic mass is 35.5. The van der Waals surface area contributed by atoms with E-state index in [1.54, 1.807) is 18.5 Å². The number of oxazole rings is 1. The molecule has 1 atom stereocenters.